The van der Waals surface area contributed by atoms with E-state index >= 15 is 0 Å². The number of hydrogen-bond donors (Lipinski definition) is 0. The normalized spacial score (nSPS) is 10.8. The number of esters is 1. The zero-order valence-electron chi connectivity index (χ0n) is 12.8. The first-order valence-corrected chi connectivity index (χ1v) is 7.66. The molecule has 24 heavy (non-hydrogen) atoms. The van der Waals surface area contributed by atoms with Gasteiger partial charge in [0.15, 0.2) is 11.6 Å². The fourth-order valence-corrected chi connectivity index (χ4v) is 2.07. The fraction of sp³-hybridized carbons (Fsp3) is 0.250. The van der Waals surface area contributed by atoms with E-state index in [1.165, 1.54) is 12.3 Å². The number of benzene rings is 1. The lowest BCUT2D eigenvalue weighted by molar-refractivity contribution is 0.0372. The highest BCUT2D eigenvalue weighted by molar-refractivity contribution is 6.41. The number of hydrogen-bond acceptors (Lipinski definition) is 4. The molecule has 0 spiro atoms. The van der Waals surface area contributed by atoms with Crippen LogP contribution in [0.4, 0.5) is 8.78 Å². The van der Waals surface area contributed by atoms with E-state index in [1.54, 1.807) is 13.8 Å². The Morgan fingerprint density at radius 3 is 2.54 bits per heavy atom. The van der Waals surface area contributed by atoms with Gasteiger partial charge in [-0.05, 0) is 26.0 Å². The molecule has 1 aromatic carbocycles. The van der Waals surface area contributed by atoms with E-state index in [0.29, 0.717) is 5.56 Å². The standard InChI is InChI=1S/C16H13Cl2F2NO3/c1-8(2)24-16(22)10-4-13(20)14(5-12(10)19)23-7-9-3-11(17)15(18)21-6-9/h3-6,8H,7H2,1-2H3. The van der Waals surface area contributed by atoms with Crippen LogP contribution in [-0.4, -0.2) is 17.1 Å². The summed E-state index contributed by atoms with van der Waals surface area (Å²) < 4.78 is 38.0. The molecule has 0 aliphatic heterocycles. The van der Waals surface area contributed by atoms with Crippen LogP contribution in [-0.2, 0) is 11.3 Å². The molecule has 1 heterocycles. The highest BCUT2D eigenvalue weighted by Gasteiger charge is 2.19. The molecule has 0 amide bonds. The second kappa shape index (κ2) is 7.77. The monoisotopic (exact) mass is 375 g/mol. The van der Waals surface area contributed by atoms with E-state index in [-0.39, 0.29) is 22.5 Å². The van der Waals surface area contributed by atoms with Crippen LogP contribution >= 0.6 is 23.2 Å². The number of pyridine rings is 1. The van der Waals surface area contributed by atoms with Gasteiger partial charge in [0, 0.05) is 17.8 Å². The van der Waals surface area contributed by atoms with Crippen LogP contribution in [0.25, 0.3) is 0 Å². The first-order chi connectivity index (χ1) is 11.3. The Kier molecular flexibility index (Phi) is 5.96. The van der Waals surface area contributed by atoms with Gasteiger partial charge in [0.25, 0.3) is 0 Å². The van der Waals surface area contributed by atoms with Gasteiger partial charge in [0.05, 0.1) is 16.7 Å². The second-order valence-electron chi connectivity index (χ2n) is 5.12. The molecule has 0 saturated heterocycles. The molecule has 128 valence electrons. The van der Waals surface area contributed by atoms with Crippen molar-refractivity contribution in [1.29, 1.82) is 0 Å². The summed E-state index contributed by atoms with van der Waals surface area (Å²) >= 11 is 11.5. The Bertz CT molecular complexity index is 769. The smallest absolute Gasteiger partial charge is 0.341 e. The molecule has 0 fully saturated rings. The predicted octanol–water partition coefficient (Wildman–Crippen LogP) is 4.81. The molecule has 0 aliphatic rings. The Morgan fingerprint density at radius 2 is 1.92 bits per heavy atom. The topological polar surface area (TPSA) is 48.4 Å². The Balaban J connectivity index is 2.15. The van der Waals surface area contributed by atoms with Gasteiger partial charge in [0.2, 0.25) is 0 Å². The predicted molar refractivity (Wildman–Crippen MR) is 85.5 cm³/mol. The van der Waals surface area contributed by atoms with E-state index < -0.39 is 29.3 Å². The third-order valence-corrected chi connectivity index (χ3v) is 3.52. The minimum atomic E-state index is -0.943. The molecule has 0 aliphatic carbocycles. The minimum Gasteiger partial charge on any atom is -0.486 e. The maximum atomic E-state index is 14.0. The summed E-state index contributed by atoms with van der Waals surface area (Å²) in [5, 5.41) is 0.349. The maximum absolute atomic E-state index is 14.0. The third-order valence-electron chi connectivity index (χ3n) is 2.83. The lowest BCUT2D eigenvalue weighted by atomic mass is 10.2. The van der Waals surface area contributed by atoms with Crippen molar-refractivity contribution in [2.45, 2.75) is 26.6 Å². The second-order valence-corrected chi connectivity index (χ2v) is 5.89. The van der Waals surface area contributed by atoms with Crippen LogP contribution in [0.1, 0.15) is 29.8 Å². The van der Waals surface area contributed by atoms with Crippen molar-refractivity contribution < 1.29 is 23.0 Å². The fourth-order valence-electron chi connectivity index (χ4n) is 1.77. The Labute approximate surface area is 147 Å². The summed E-state index contributed by atoms with van der Waals surface area (Å²) in [5.41, 5.74) is 0.0252. The zero-order chi connectivity index (χ0) is 17.9. The average molecular weight is 376 g/mol. The number of nitrogens with zero attached hydrogens (tertiary/aromatic N) is 1. The zero-order valence-corrected chi connectivity index (χ0v) is 14.3. The van der Waals surface area contributed by atoms with Crippen molar-refractivity contribution in [3.05, 3.63) is 57.3 Å². The first-order valence-electron chi connectivity index (χ1n) is 6.90. The molecule has 0 bridgehead atoms. The van der Waals surface area contributed by atoms with Crippen molar-refractivity contribution in [3.63, 3.8) is 0 Å². The van der Waals surface area contributed by atoms with E-state index in [1.807, 2.05) is 0 Å². The van der Waals surface area contributed by atoms with Gasteiger partial charge in [0.1, 0.15) is 17.6 Å². The molecule has 0 atom stereocenters. The summed E-state index contributed by atoms with van der Waals surface area (Å²) in [5.74, 6) is -3.12. The molecule has 2 rings (SSSR count). The number of carbonyl (C=O) groups excluding carboxylic acids is 1. The average Bonchev–Trinajstić information content (AvgIpc) is 2.50. The quantitative estimate of drug-likeness (QED) is 0.555. The van der Waals surface area contributed by atoms with Crippen LogP contribution in [0.3, 0.4) is 0 Å². The van der Waals surface area contributed by atoms with Crippen molar-refractivity contribution in [1.82, 2.24) is 4.98 Å². The van der Waals surface area contributed by atoms with Gasteiger partial charge in [-0.1, -0.05) is 23.2 Å². The molecule has 8 heteroatoms. The lowest BCUT2D eigenvalue weighted by Crippen LogP contribution is -2.14. The largest absolute Gasteiger partial charge is 0.486 e. The summed E-state index contributed by atoms with van der Waals surface area (Å²) in [6.45, 7) is 3.11. The van der Waals surface area contributed by atoms with Gasteiger partial charge >= 0.3 is 5.97 Å². The van der Waals surface area contributed by atoms with E-state index in [0.717, 1.165) is 12.1 Å². The number of halogens is 4. The van der Waals surface area contributed by atoms with Gasteiger partial charge in [-0.2, -0.15) is 0 Å². The van der Waals surface area contributed by atoms with Crippen LogP contribution in [0, 0.1) is 11.6 Å². The van der Waals surface area contributed by atoms with Crippen molar-refractivity contribution in [3.8, 4) is 5.75 Å². The first kappa shape index (κ1) is 18.4. The van der Waals surface area contributed by atoms with Gasteiger partial charge < -0.3 is 9.47 Å². The van der Waals surface area contributed by atoms with Crippen LogP contribution in [0.2, 0.25) is 10.2 Å². The van der Waals surface area contributed by atoms with E-state index in [9.17, 15) is 13.6 Å². The summed E-state index contributed by atoms with van der Waals surface area (Å²) in [6.07, 6.45) is 0.953. The van der Waals surface area contributed by atoms with E-state index in [2.05, 4.69) is 4.98 Å². The van der Waals surface area contributed by atoms with Gasteiger partial charge in [-0.3, -0.25) is 0 Å². The van der Waals surface area contributed by atoms with Crippen molar-refractivity contribution in [2.24, 2.45) is 0 Å². The maximum Gasteiger partial charge on any atom is 0.341 e. The number of carbonyl (C=O) groups is 1. The lowest BCUT2D eigenvalue weighted by Gasteiger charge is -2.11. The molecule has 4 nitrogen and oxygen atoms in total. The van der Waals surface area contributed by atoms with Crippen LogP contribution in [0.15, 0.2) is 24.4 Å². The van der Waals surface area contributed by atoms with Crippen molar-refractivity contribution >= 4 is 29.2 Å². The molecule has 0 N–H and O–H groups in total. The molecule has 0 saturated carbocycles. The van der Waals surface area contributed by atoms with Crippen LogP contribution < -0.4 is 4.74 Å². The molecule has 1 aromatic heterocycles. The Morgan fingerprint density at radius 1 is 1.21 bits per heavy atom. The minimum absolute atomic E-state index is 0.101. The molecule has 0 unspecified atom stereocenters. The third kappa shape index (κ3) is 4.55. The molecule has 0 radical (unpaired) electrons. The summed E-state index contributed by atoms with van der Waals surface area (Å²) in [6, 6.07) is 3.03. The Hall–Kier alpha value is -1.92. The van der Waals surface area contributed by atoms with Crippen molar-refractivity contribution in [2.75, 3.05) is 0 Å². The number of aromatic nitrogens is 1. The van der Waals surface area contributed by atoms with E-state index in [4.69, 9.17) is 32.7 Å². The SMILES string of the molecule is CC(C)OC(=O)c1cc(F)c(OCc2cnc(Cl)c(Cl)c2)cc1F. The van der Waals surface area contributed by atoms with Gasteiger partial charge in [-0.25, -0.2) is 18.6 Å². The molecule has 2 aromatic rings. The number of rotatable bonds is 5. The molecular formula is C16H13Cl2F2NO3. The number of ether oxygens (including phenoxy) is 2. The van der Waals surface area contributed by atoms with Crippen LogP contribution in [0.5, 0.6) is 5.75 Å². The summed E-state index contributed by atoms with van der Waals surface area (Å²) in [4.78, 5) is 15.5. The highest BCUT2D eigenvalue weighted by Crippen LogP contribution is 2.25. The highest BCUT2D eigenvalue weighted by atomic mass is 35.5. The molecular weight excluding hydrogens is 363 g/mol. The van der Waals surface area contributed by atoms with Gasteiger partial charge in [-0.15, -0.1) is 0 Å². The summed E-state index contributed by atoms with van der Waals surface area (Å²) in [7, 11) is 0.